The largest absolute Gasteiger partial charge is 0.459 e. The second kappa shape index (κ2) is 5.03. The third-order valence-electron chi connectivity index (χ3n) is 2.59. The lowest BCUT2D eigenvalue weighted by Gasteiger charge is -2.19. The molecule has 0 N–H and O–H groups in total. The van der Waals surface area contributed by atoms with Crippen molar-refractivity contribution in [3.05, 3.63) is 24.2 Å². The molecule has 0 bridgehead atoms. The van der Waals surface area contributed by atoms with Gasteiger partial charge in [-0.25, -0.2) is 0 Å². The summed E-state index contributed by atoms with van der Waals surface area (Å²) in [4.78, 5) is 27.4. The number of ketones is 1. The fraction of sp³-hybridized carbons (Fsp3) is 0.429. The number of hydrogen-bond donors (Lipinski definition) is 0. The van der Waals surface area contributed by atoms with Crippen molar-refractivity contribution in [1.29, 1.82) is 0 Å². The van der Waals surface area contributed by atoms with Crippen molar-refractivity contribution in [2.24, 2.45) is 0 Å². The zero-order valence-corrected chi connectivity index (χ0v) is 12.0. The van der Waals surface area contributed by atoms with Crippen LogP contribution < -0.4 is 0 Å². The van der Waals surface area contributed by atoms with Crippen LogP contribution in [0.1, 0.15) is 38.2 Å². The molecule has 2 rings (SSSR count). The molecule has 0 aromatic carbocycles. The third kappa shape index (κ3) is 3.01. The highest BCUT2D eigenvalue weighted by Crippen LogP contribution is 2.18. The lowest BCUT2D eigenvalue weighted by Crippen LogP contribution is -2.26. The van der Waals surface area contributed by atoms with Gasteiger partial charge in [0.25, 0.3) is 0 Å². The van der Waals surface area contributed by atoms with E-state index in [-0.39, 0.29) is 12.3 Å². The second-order valence-electron chi connectivity index (χ2n) is 5.54. The van der Waals surface area contributed by atoms with Crippen LogP contribution in [0.5, 0.6) is 0 Å². The molecule has 106 valence electrons. The Kier molecular flexibility index (Phi) is 3.57. The summed E-state index contributed by atoms with van der Waals surface area (Å²) in [6.45, 7) is 6.80. The average molecular weight is 275 g/mol. The molecule has 2 heterocycles. The van der Waals surface area contributed by atoms with Gasteiger partial charge in [-0.2, -0.15) is 5.10 Å². The van der Waals surface area contributed by atoms with Crippen molar-refractivity contribution in [3.63, 3.8) is 0 Å². The van der Waals surface area contributed by atoms with Gasteiger partial charge in [0.15, 0.2) is 5.78 Å². The normalized spacial score (nSPS) is 11.6. The Morgan fingerprint density at radius 1 is 1.35 bits per heavy atom. The molecule has 0 aliphatic rings. The van der Waals surface area contributed by atoms with Crippen LogP contribution in [0.2, 0.25) is 0 Å². The molecule has 0 saturated heterocycles. The van der Waals surface area contributed by atoms with Crippen LogP contribution in [0.3, 0.4) is 0 Å². The van der Waals surface area contributed by atoms with Gasteiger partial charge in [-0.05, 0) is 26.8 Å². The standard InChI is InChI=1S/C14H17N3O3/c1-9(18)13-10-5-6-15-7-11(10)17(16-13)8-12(19)20-14(2,3)4/h5-7H,8H2,1-4H3. The smallest absolute Gasteiger partial charge is 0.328 e. The summed E-state index contributed by atoms with van der Waals surface area (Å²) in [6, 6.07) is 1.71. The Labute approximate surface area is 116 Å². The first-order valence-electron chi connectivity index (χ1n) is 6.31. The van der Waals surface area contributed by atoms with E-state index in [4.69, 9.17) is 4.74 Å². The minimum Gasteiger partial charge on any atom is -0.459 e. The monoisotopic (exact) mass is 275 g/mol. The number of ether oxygens (including phenoxy) is 1. The number of carbonyl (C=O) groups is 2. The molecule has 2 aromatic rings. The molecule has 20 heavy (non-hydrogen) atoms. The molecule has 0 atom stereocenters. The fourth-order valence-corrected chi connectivity index (χ4v) is 1.90. The Balaban J connectivity index is 2.36. The zero-order chi connectivity index (χ0) is 14.9. The summed E-state index contributed by atoms with van der Waals surface area (Å²) in [5, 5.41) is 4.88. The van der Waals surface area contributed by atoms with E-state index in [9.17, 15) is 9.59 Å². The number of hydrogen-bond acceptors (Lipinski definition) is 5. The van der Waals surface area contributed by atoms with E-state index in [1.54, 1.807) is 39.2 Å². The first-order valence-corrected chi connectivity index (χ1v) is 6.31. The van der Waals surface area contributed by atoms with Crippen molar-refractivity contribution in [2.75, 3.05) is 0 Å². The van der Waals surface area contributed by atoms with Crippen molar-refractivity contribution < 1.29 is 14.3 Å². The van der Waals surface area contributed by atoms with E-state index in [1.807, 2.05) is 0 Å². The molecule has 0 unspecified atom stereocenters. The van der Waals surface area contributed by atoms with Crippen LogP contribution in [-0.4, -0.2) is 32.1 Å². The Hall–Kier alpha value is -2.24. The van der Waals surface area contributed by atoms with Gasteiger partial charge in [0.1, 0.15) is 17.8 Å². The number of Topliss-reactive ketones (excluding diaryl/α,β-unsaturated/α-hetero) is 1. The topological polar surface area (TPSA) is 74.1 Å². The third-order valence-corrected chi connectivity index (χ3v) is 2.59. The van der Waals surface area contributed by atoms with Gasteiger partial charge in [-0.1, -0.05) is 0 Å². The molecule has 0 spiro atoms. The zero-order valence-electron chi connectivity index (χ0n) is 12.0. The van der Waals surface area contributed by atoms with Gasteiger partial charge in [-0.3, -0.25) is 19.3 Å². The first-order chi connectivity index (χ1) is 9.28. The molecule has 6 heteroatoms. The quantitative estimate of drug-likeness (QED) is 0.632. The van der Waals surface area contributed by atoms with Crippen LogP contribution in [0.4, 0.5) is 0 Å². The molecule has 0 amide bonds. The molecule has 0 fully saturated rings. The van der Waals surface area contributed by atoms with E-state index < -0.39 is 11.6 Å². The van der Waals surface area contributed by atoms with Gasteiger partial charge in [0.05, 0.1) is 11.7 Å². The van der Waals surface area contributed by atoms with E-state index >= 15 is 0 Å². The van der Waals surface area contributed by atoms with Crippen molar-refractivity contribution in [1.82, 2.24) is 14.8 Å². The van der Waals surface area contributed by atoms with Gasteiger partial charge in [0.2, 0.25) is 0 Å². The summed E-state index contributed by atoms with van der Waals surface area (Å²) in [5.74, 6) is -0.551. The fourth-order valence-electron chi connectivity index (χ4n) is 1.90. The summed E-state index contributed by atoms with van der Waals surface area (Å²) in [6.07, 6.45) is 3.17. The average Bonchev–Trinajstić information content (AvgIpc) is 2.66. The van der Waals surface area contributed by atoms with Crippen LogP contribution in [0, 0.1) is 0 Å². The minimum absolute atomic E-state index is 0.0489. The Morgan fingerprint density at radius 2 is 2.05 bits per heavy atom. The highest BCUT2D eigenvalue weighted by molar-refractivity contribution is 6.04. The van der Waals surface area contributed by atoms with E-state index in [0.29, 0.717) is 16.6 Å². The minimum atomic E-state index is -0.554. The number of fused-ring (bicyclic) bond motifs is 1. The summed E-state index contributed by atoms with van der Waals surface area (Å²) >= 11 is 0. The highest BCUT2D eigenvalue weighted by Gasteiger charge is 2.20. The summed E-state index contributed by atoms with van der Waals surface area (Å²) in [5.41, 5.74) is 0.427. The predicted molar refractivity (Wildman–Crippen MR) is 73.4 cm³/mol. The number of rotatable bonds is 3. The van der Waals surface area contributed by atoms with E-state index in [0.717, 1.165) is 0 Å². The van der Waals surface area contributed by atoms with Crippen LogP contribution >= 0.6 is 0 Å². The summed E-state index contributed by atoms with van der Waals surface area (Å²) in [7, 11) is 0. The Bertz CT molecular complexity index is 668. The van der Waals surface area contributed by atoms with Gasteiger partial charge in [0, 0.05) is 18.5 Å². The molecule has 0 saturated carbocycles. The van der Waals surface area contributed by atoms with Crippen LogP contribution in [-0.2, 0) is 16.1 Å². The maximum atomic E-state index is 11.9. The lowest BCUT2D eigenvalue weighted by atomic mass is 10.2. The number of aromatic nitrogens is 3. The van der Waals surface area contributed by atoms with E-state index in [2.05, 4.69) is 10.1 Å². The predicted octanol–water partition coefficient (Wildman–Crippen LogP) is 1.98. The molecule has 0 aliphatic carbocycles. The molecule has 0 radical (unpaired) electrons. The molecule has 0 aliphatic heterocycles. The lowest BCUT2D eigenvalue weighted by molar-refractivity contribution is -0.155. The number of nitrogens with zero attached hydrogens (tertiary/aromatic N) is 3. The van der Waals surface area contributed by atoms with Crippen molar-refractivity contribution in [3.8, 4) is 0 Å². The summed E-state index contributed by atoms with van der Waals surface area (Å²) < 4.78 is 6.71. The second-order valence-corrected chi connectivity index (χ2v) is 5.54. The van der Waals surface area contributed by atoms with Gasteiger partial charge >= 0.3 is 5.97 Å². The SMILES string of the molecule is CC(=O)c1nn(CC(=O)OC(C)(C)C)c2cnccc12. The number of pyridine rings is 1. The molecular formula is C14H17N3O3. The highest BCUT2D eigenvalue weighted by atomic mass is 16.6. The number of esters is 1. The number of carbonyl (C=O) groups excluding carboxylic acids is 2. The molecule has 6 nitrogen and oxygen atoms in total. The maximum Gasteiger partial charge on any atom is 0.328 e. The van der Waals surface area contributed by atoms with Crippen molar-refractivity contribution in [2.45, 2.75) is 39.8 Å². The van der Waals surface area contributed by atoms with E-state index in [1.165, 1.54) is 11.6 Å². The first kappa shape index (κ1) is 14.2. The molecule has 2 aromatic heterocycles. The van der Waals surface area contributed by atoms with Crippen molar-refractivity contribution >= 4 is 22.7 Å². The maximum absolute atomic E-state index is 11.9. The van der Waals surface area contributed by atoms with Crippen LogP contribution in [0.25, 0.3) is 10.9 Å². The van der Waals surface area contributed by atoms with Gasteiger partial charge in [-0.15, -0.1) is 0 Å². The van der Waals surface area contributed by atoms with Gasteiger partial charge < -0.3 is 4.74 Å². The Morgan fingerprint density at radius 3 is 2.65 bits per heavy atom. The van der Waals surface area contributed by atoms with Crippen LogP contribution in [0.15, 0.2) is 18.5 Å². The molecular weight excluding hydrogens is 258 g/mol.